The lowest BCUT2D eigenvalue weighted by molar-refractivity contribution is -0.268. The van der Waals surface area contributed by atoms with E-state index in [1.54, 1.807) is 19.1 Å². The Kier molecular flexibility index (Phi) is 5.19. The summed E-state index contributed by atoms with van der Waals surface area (Å²) in [7, 11) is 1.82. The van der Waals surface area contributed by atoms with E-state index in [0.717, 1.165) is 5.56 Å². The molecular formula is C15H21NO5. The Bertz CT molecular complexity index is 475. The summed E-state index contributed by atoms with van der Waals surface area (Å²) in [6.07, 6.45) is -1.66. The minimum Gasteiger partial charge on any atom is -0.462 e. The van der Waals surface area contributed by atoms with Gasteiger partial charge in [0.2, 0.25) is 6.29 Å². The molecule has 21 heavy (non-hydrogen) atoms. The van der Waals surface area contributed by atoms with Crippen molar-refractivity contribution in [1.82, 2.24) is 5.32 Å². The van der Waals surface area contributed by atoms with Crippen LogP contribution in [0.4, 0.5) is 0 Å². The van der Waals surface area contributed by atoms with E-state index in [0.29, 0.717) is 5.75 Å². The maximum absolute atomic E-state index is 9.88. The van der Waals surface area contributed by atoms with Crippen LogP contribution in [0.15, 0.2) is 30.5 Å². The SMILES string of the molecule is CN/C=C/c1ccc(OC2OC(C)C(O)C(O)C2O)cc1. The molecule has 1 saturated heterocycles. The Hall–Kier alpha value is -1.60. The van der Waals surface area contributed by atoms with Gasteiger partial charge in [-0.15, -0.1) is 0 Å². The normalized spacial score (nSPS) is 33.1. The summed E-state index contributed by atoms with van der Waals surface area (Å²) in [5, 5.41) is 32.1. The van der Waals surface area contributed by atoms with Crippen molar-refractivity contribution in [3.63, 3.8) is 0 Å². The Balaban J connectivity index is 2.02. The molecule has 1 aliphatic heterocycles. The van der Waals surface area contributed by atoms with Crippen LogP contribution in [0.1, 0.15) is 12.5 Å². The summed E-state index contributed by atoms with van der Waals surface area (Å²) >= 11 is 0. The van der Waals surface area contributed by atoms with Crippen LogP contribution in [0, 0.1) is 0 Å². The van der Waals surface area contributed by atoms with Gasteiger partial charge in [-0.25, -0.2) is 0 Å². The van der Waals surface area contributed by atoms with E-state index in [1.165, 1.54) is 0 Å². The molecule has 5 atom stereocenters. The molecule has 6 nitrogen and oxygen atoms in total. The van der Waals surface area contributed by atoms with Crippen LogP contribution in [0.25, 0.3) is 6.08 Å². The maximum Gasteiger partial charge on any atom is 0.229 e. The van der Waals surface area contributed by atoms with Crippen LogP contribution in [-0.2, 0) is 4.74 Å². The van der Waals surface area contributed by atoms with Gasteiger partial charge < -0.3 is 30.1 Å². The van der Waals surface area contributed by atoms with Gasteiger partial charge in [0.05, 0.1) is 6.10 Å². The van der Waals surface area contributed by atoms with Crippen molar-refractivity contribution in [3.8, 4) is 5.75 Å². The van der Waals surface area contributed by atoms with Crippen molar-refractivity contribution in [2.75, 3.05) is 7.05 Å². The van der Waals surface area contributed by atoms with E-state index >= 15 is 0 Å². The minimum atomic E-state index is -1.31. The molecule has 0 bridgehead atoms. The van der Waals surface area contributed by atoms with Crippen molar-refractivity contribution in [2.45, 2.75) is 37.6 Å². The van der Waals surface area contributed by atoms with Crippen molar-refractivity contribution in [3.05, 3.63) is 36.0 Å². The Morgan fingerprint density at radius 1 is 1.10 bits per heavy atom. The molecule has 0 spiro atoms. The second kappa shape index (κ2) is 6.91. The summed E-state index contributed by atoms with van der Waals surface area (Å²) in [5.74, 6) is 0.511. The lowest BCUT2D eigenvalue weighted by atomic mass is 10.00. The van der Waals surface area contributed by atoms with Crippen molar-refractivity contribution in [2.24, 2.45) is 0 Å². The number of hydrogen-bond donors (Lipinski definition) is 4. The topological polar surface area (TPSA) is 91.2 Å². The fraction of sp³-hybridized carbons (Fsp3) is 0.467. The van der Waals surface area contributed by atoms with Gasteiger partial charge in [-0.1, -0.05) is 12.1 Å². The van der Waals surface area contributed by atoms with Crippen LogP contribution in [0.3, 0.4) is 0 Å². The average Bonchev–Trinajstić information content (AvgIpc) is 2.50. The van der Waals surface area contributed by atoms with Crippen molar-refractivity contribution >= 4 is 6.08 Å². The van der Waals surface area contributed by atoms with Gasteiger partial charge in [-0.2, -0.15) is 0 Å². The van der Waals surface area contributed by atoms with E-state index in [2.05, 4.69) is 5.32 Å². The van der Waals surface area contributed by atoms with Crippen LogP contribution in [0.5, 0.6) is 5.75 Å². The standard InChI is InChI=1S/C15H21NO5/c1-9-12(17)13(18)14(19)15(20-9)21-11-5-3-10(4-6-11)7-8-16-2/h3-9,12-19H,1-2H3/b8-7+. The molecule has 1 heterocycles. The second-order valence-corrected chi connectivity index (χ2v) is 4.99. The number of aliphatic hydroxyl groups excluding tert-OH is 3. The Morgan fingerprint density at radius 3 is 2.38 bits per heavy atom. The molecule has 1 aromatic rings. The van der Waals surface area contributed by atoms with E-state index < -0.39 is 30.7 Å². The molecule has 0 radical (unpaired) electrons. The molecule has 1 aromatic carbocycles. The van der Waals surface area contributed by atoms with Gasteiger partial charge in [0.25, 0.3) is 0 Å². The van der Waals surface area contributed by atoms with E-state index in [9.17, 15) is 15.3 Å². The average molecular weight is 295 g/mol. The highest BCUT2D eigenvalue weighted by Crippen LogP contribution is 2.24. The second-order valence-electron chi connectivity index (χ2n) is 4.99. The third kappa shape index (κ3) is 3.74. The van der Waals surface area contributed by atoms with Crippen LogP contribution >= 0.6 is 0 Å². The Labute approximate surface area is 123 Å². The summed E-state index contributed by atoms with van der Waals surface area (Å²) in [6, 6.07) is 7.20. The molecule has 4 N–H and O–H groups in total. The monoisotopic (exact) mass is 295 g/mol. The summed E-state index contributed by atoms with van der Waals surface area (Å²) in [4.78, 5) is 0. The van der Waals surface area contributed by atoms with Crippen LogP contribution < -0.4 is 10.1 Å². The maximum atomic E-state index is 9.88. The van der Waals surface area contributed by atoms with Crippen LogP contribution in [-0.4, -0.2) is 53.1 Å². The first kappa shape index (κ1) is 15.8. The summed E-state index contributed by atoms with van der Waals surface area (Å²) < 4.78 is 10.9. The molecule has 0 aliphatic carbocycles. The molecule has 0 aromatic heterocycles. The van der Waals surface area contributed by atoms with Gasteiger partial charge in [0.15, 0.2) is 0 Å². The van der Waals surface area contributed by atoms with E-state index in [-0.39, 0.29) is 0 Å². The molecular weight excluding hydrogens is 274 g/mol. The molecule has 2 rings (SSSR count). The fourth-order valence-electron chi connectivity index (χ4n) is 2.08. The predicted molar refractivity (Wildman–Crippen MR) is 77.5 cm³/mol. The highest BCUT2D eigenvalue weighted by Gasteiger charge is 2.43. The number of ether oxygens (including phenoxy) is 2. The third-order valence-corrected chi connectivity index (χ3v) is 3.38. The molecule has 6 heteroatoms. The fourth-order valence-corrected chi connectivity index (χ4v) is 2.08. The van der Waals surface area contributed by atoms with Crippen molar-refractivity contribution in [1.29, 1.82) is 0 Å². The zero-order valence-corrected chi connectivity index (χ0v) is 12.0. The number of aliphatic hydroxyl groups is 3. The summed E-state index contributed by atoms with van der Waals surface area (Å²) in [5.41, 5.74) is 0.991. The van der Waals surface area contributed by atoms with Gasteiger partial charge in [-0.05, 0) is 36.9 Å². The third-order valence-electron chi connectivity index (χ3n) is 3.38. The van der Waals surface area contributed by atoms with Gasteiger partial charge >= 0.3 is 0 Å². The Morgan fingerprint density at radius 2 is 1.76 bits per heavy atom. The van der Waals surface area contributed by atoms with E-state index in [4.69, 9.17) is 9.47 Å². The van der Waals surface area contributed by atoms with Gasteiger partial charge in [0.1, 0.15) is 24.1 Å². The molecule has 1 aliphatic rings. The van der Waals surface area contributed by atoms with Crippen molar-refractivity contribution < 1.29 is 24.8 Å². The van der Waals surface area contributed by atoms with Crippen LogP contribution in [0.2, 0.25) is 0 Å². The quantitative estimate of drug-likeness (QED) is 0.629. The first-order valence-corrected chi connectivity index (χ1v) is 6.83. The van der Waals surface area contributed by atoms with Gasteiger partial charge in [-0.3, -0.25) is 0 Å². The smallest absolute Gasteiger partial charge is 0.229 e. The molecule has 116 valence electrons. The molecule has 5 unspecified atom stereocenters. The lowest BCUT2D eigenvalue weighted by Gasteiger charge is -2.38. The number of rotatable bonds is 4. The number of hydrogen-bond acceptors (Lipinski definition) is 6. The van der Waals surface area contributed by atoms with Gasteiger partial charge in [0, 0.05) is 7.05 Å². The first-order chi connectivity index (χ1) is 10.0. The number of nitrogens with one attached hydrogen (secondary N) is 1. The first-order valence-electron chi connectivity index (χ1n) is 6.83. The summed E-state index contributed by atoms with van der Waals surface area (Å²) in [6.45, 7) is 1.61. The number of benzene rings is 1. The lowest BCUT2D eigenvalue weighted by Crippen LogP contribution is -2.58. The highest BCUT2D eigenvalue weighted by atomic mass is 16.7. The molecule has 0 amide bonds. The largest absolute Gasteiger partial charge is 0.462 e. The van der Waals surface area contributed by atoms with E-state index in [1.807, 2.05) is 31.5 Å². The highest BCUT2D eigenvalue weighted by molar-refractivity contribution is 5.50. The zero-order chi connectivity index (χ0) is 15.4. The molecule has 1 fully saturated rings. The minimum absolute atomic E-state index is 0.511. The predicted octanol–water partition coefficient (Wildman–Crippen LogP) is 0.0830. The molecule has 0 saturated carbocycles. The zero-order valence-electron chi connectivity index (χ0n) is 12.0.